The van der Waals surface area contributed by atoms with Crippen LogP contribution in [0.1, 0.15) is 37.8 Å². The average Bonchev–Trinajstić information content (AvgIpc) is 2.71. The van der Waals surface area contributed by atoms with E-state index in [4.69, 9.17) is 0 Å². The van der Waals surface area contributed by atoms with Gasteiger partial charge in [0.2, 0.25) is 0 Å². The van der Waals surface area contributed by atoms with Gasteiger partial charge in [0.05, 0.1) is 5.70 Å². The van der Waals surface area contributed by atoms with Crippen molar-refractivity contribution in [3.8, 4) is 0 Å². The van der Waals surface area contributed by atoms with Gasteiger partial charge in [0.1, 0.15) is 5.41 Å². The molecule has 0 aromatic heterocycles. The topological polar surface area (TPSA) is 49.4 Å². The second-order valence-corrected chi connectivity index (χ2v) is 5.18. The fourth-order valence-electron chi connectivity index (χ4n) is 2.51. The third-order valence-electron chi connectivity index (χ3n) is 4.12. The molecule has 1 aromatic rings. The van der Waals surface area contributed by atoms with Gasteiger partial charge in [-0.05, 0) is 25.3 Å². The first-order chi connectivity index (χ1) is 9.46. The van der Waals surface area contributed by atoms with Crippen molar-refractivity contribution in [3.05, 3.63) is 42.0 Å². The summed E-state index contributed by atoms with van der Waals surface area (Å²) in [4.78, 5) is 24.7. The second kappa shape index (κ2) is 5.12. The summed E-state index contributed by atoms with van der Waals surface area (Å²) in [5, 5.41) is 1.29. The van der Waals surface area contributed by atoms with E-state index in [0.717, 1.165) is 11.1 Å². The molecular formula is C16H20N2O2. The fraction of sp³-hybridized carbons (Fsp3) is 0.375. The Labute approximate surface area is 119 Å². The molecule has 1 fully saturated rings. The third-order valence-corrected chi connectivity index (χ3v) is 4.12. The van der Waals surface area contributed by atoms with Crippen molar-refractivity contribution in [2.75, 3.05) is 0 Å². The zero-order chi connectivity index (χ0) is 14.9. The van der Waals surface area contributed by atoms with Crippen LogP contribution < -0.4 is 5.43 Å². The molecule has 1 heterocycles. The first-order valence-corrected chi connectivity index (χ1v) is 6.88. The Balaban J connectivity index is 2.31. The van der Waals surface area contributed by atoms with Gasteiger partial charge in [0, 0.05) is 0 Å². The predicted octanol–water partition coefficient (Wildman–Crippen LogP) is 2.65. The fourth-order valence-corrected chi connectivity index (χ4v) is 2.51. The van der Waals surface area contributed by atoms with E-state index in [0.29, 0.717) is 18.5 Å². The van der Waals surface area contributed by atoms with Gasteiger partial charge in [-0.25, -0.2) is 5.01 Å². The first kappa shape index (κ1) is 14.3. The average molecular weight is 272 g/mol. The van der Waals surface area contributed by atoms with Crippen molar-refractivity contribution in [3.63, 3.8) is 0 Å². The zero-order valence-electron chi connectivity index (χ0n) is 12.2. The molecule has 0 spiro atoms. The highest BCUT2D eigenvalue weighted by Gasteiger charge is 2.52. The van der Waals surface area contributed by atoms with Gasteiger partial charge in [-0.2, -0.15) is 0 Å². The number of aryl methyl sites for hydroxylation is 1. The summed E-state index contributed by atoms with van der Waals surface area (Å²) in [7, 11) is 0. The summed E-state index contributed by atoms with van der Waals surface area (Å²) in [6.45, 7) is 9.66. The molecule has 1 aliphatic heterocycles. The van der Waals surface area contributed by atoms with E-state index in [1.165, 1.54) is 5.01 Å². The Morgan fingerprint density at radius 1 is 1.20 bits per heavy atom. The van der Waals surface area contributed by atoms with Crippen molar-refractivity contribution in [2.45, 2.75) is 33.6 Å². The Kier molecular flexibility index (Phi) is 3.66. The second-order valence-electron chi connectivity index (χ2n) is 5.18. The minimum Gasteiger partial charge on any atom is -0.272 e. The number of nitrogens with one attached hydrogen (secondary N) is 1. The van der Waals surface area contributed by atoms with Crippen LogP contribution in [0.15, 0.2) is 30.8 Å². The van der Waals surface area contributed by atoms with Crippen molar-refractivity contribution in [1.29, 1.82) is 0 Å². The summed E-state index contributed by atoms with van der Waals surface area (Å²) in [6, 6.07) is 7.70. The van der Waals surface area contributed by atoms with Gasteiger partial charge in [0.15, 0.2) is 0 Å². The summed E-state index contributed by atoms with van der Waals surface area (Å²) in [5.74, 6) is -0.446. The molecule has 1 saturated heterocycles. The van der Waals surface area contributed by atoms with Gasteiger partial charge < -0.3 is 0 Å². The van der Waals surface area contributed by atoms with Crippen LogP contribution in [0.2, 0.25) is 0 Å². The van der Waals surface area contributed by atoms with Crippen LogP contribution in [0.25, 0.3) is 5.70 Å². The van der Waals surface area contributed by atoms with Gasteiger partial charge in [-0.3, -0.25) is 15.0 Å². The molecule has 2 rings (SSSR count). The highest BCUT2D eigenvalue weighted by Crippen LogP contribution is 2.36. The molecule has 4 nitrogen and oxygen atoms in total. The third kappa shape index (κ3) is 2.01. The quantitative estimate of drug-likeness (QED) is 0.857. The predicted molar refractivity (Wildman–Crippen MR) is 78.2 cm³/mol. The smallest absolute Gasteiger partial charge is 0.261 e. The SMILES string of the molecule is C=C(c1ccc(C)cc1)N1NC(=O)C(CC)(CC)C1=O. The van der Waals surface area contributed by atoms with E-state index in [9.17, 15) is 9.59 Å². The normalized spacial score (nSPS) is 17.2. The maximum atomic E-state index is 12.6. The standard InChI is InChI=1S/C16H20N2O2/c1-5-16(6-2)14(19)17-18(15(16)20)12(4)13-9-7-11(3)8-10-13/h7-10H,4-6H2,1-3H3,(H,17,19). The molecule has 0 saturated carbocycles. The number of carbonyl (C=O) groups is 2. The summed E-state index contributed by atoms with van der Waals surface area (Å²) >= 11 is 0. The lowest BCUT2D eigenvalue weighted by Gasteiger charge is -2.22. The molecule has 1 aliphatic rings. The molecule has 106 valence electrons. The van der Waals surface area contributed by atoms with E-state index < -0.39 is 5.41 Å². The molecule has 20 heavy (non-hydrogen) atoms. The van der Waals surface area contributed by atoms with Crippen molar-refractivity contribution in [1.82, 2.24) is 10.4 Å². The monoisotopic (exact) mass is 272 g/mol. The lowest BCUT2D eigenvalue weighted by molar-refractivity contribution is -0.138. The Morgan fingerprint density at radius 2 is 1.75 bits per heavy atom. The lowest BCUT2D eigenvalue weighted by Crippen LogP contribution is -2.35. The first-order valence-electron chi connectivity index (χ1n) is 6.88. The van der Waals surface area contributed by atoms with Gasteiger partial charge in [-0.1, -0.05) is 50.3 Å². The van der Waals surface area contributed by atoms with Crippen molar-refractivity contribution < 1.29 is 9.59 Å². The van der Waals surface area contributed by atoms with Crippen molar-refractivity contribution in [2.24, 2.45) is 5.41 Å². The number of hydrazine groups is 1. The molecule has 1 aromatic carbocycles. The highest BCUT2D eigenvalue weighted by atomic mass is 16.2. The van der Waals surface area contributed by atoms with E-state index in [1.54, 1.807) is 0 Å². The Morgan fingerprint density at radius 3 is 2.20 bits per heavy atom. The van der Waals surface area contributed by atoms with Crippen LogP contribution in [0.5, 0.6) is 0 Å². The van der Waals surface area contributed by atoms with Crippen LogP contribution in [0, 0.1) is 12.3 Å². The van der Waals surface area contributed by atoms with E-state index in [2.05, 4.69) is 12.0 Å². The van der Waals surface area contributed by atoms with Crippen LogP contribution >= 0.6 is 0 Å². The minimum absolute atomic E-state index is 0.210. The molecule has 4 heteroatoms. The summed E-state index contributed by atoms with van der Waals surface area (Å²) in [6.07, 6.45) is 0.984. The molecule has 0 unspecified atom stereocenters. The molecule has 2 amide bonds. The van der Waals surface area contributed by atoms with E-state index >= 15 is 0 Å². The van der Waals surface area contributed by atoms with E-state index in [1.807, 2.05) is 45.0 Å². The number of hydrogen-bond acceptors (Lipinski definition) is 2. The zero-order valence-corrected chi connectivity index (χ0v) is 12.2. The molecular weight excluding hydrogens is 252 g/mol. The molecule has 1 N–H and O–H groups in total. The number of nitrogens with zero attached hydrogens (tertiary/aromatic N) is 1. The number of hydrogen-bond donors (Lipinski definition) is 1. The number of rotatable bonds is 4. The summed E-state index contributed by atoms with van der Waals surface area (Å²) in [5.41, 5.74) is 4.17. The largest absolute Gasteiger partial charge is 0.272 e. The number of amides is 2. The molecule has 0 bridgehead atoms. The van der Waals surface area contributed by atoms with Gasteiger partial charge >= 0.3 is 0 Å². The van der Waals surface area contributed by atoms with Crippen LogP contribution in [0.4, 0.5) is 0 Å². The lowest BCUT2D eigenvalue weighted by atomic mass is 9.81. The molecule has 0 radical (unpaired) electrons. The number of carbonyl (C=O) groups excluding carboxylic acids is 2. The minimum atomic E-state index is -0.951. The maximum Gasteiger partial charge on any atom is 0.261 e. The Bertz CT molecular complexity index is 556. The number of benzene rings is 1. The van der Waals surface area contributed by atoms with E-state index in [-0.39, 0.29) is 11.8 Å². The molecule has 0 atom stereocenters. The van der Waals surface area contributed by atoms with Crippen LogP contribution in [-0.4, -0.2) is 16.8 Å². The van der Waals surface area contributed by atoms with Gasteiger partial charge in [0.25, 0.3) is 11.8 Å². The van der Waals surface area contributed by atoms with Gasteiger partial charge in [-0.15, -0.1) is 0 Å². The van der Waals surface area contributed by atoms with Crippen LogP contribution in [0.3, 0.4) is 0 Å². The van der Waals surface area contributed by atoms with Crippen molar-refractivity contribution >= 4 is 17.5 Å². The summed E-state index contributed by atoms with van der Waals surface area (Å²) < 4.78 is 0. The maximum absolute atomic E-state index is 12.6. The highest BCUT2D eigenvalue weighted by molar-refractivity contribution is 6.12. The Hall–Kier alpha value is -2.10. The van der Waals surface area contributed by atoms with Crippen LogP contribution in [-0.2, 0) is 9.59 Å². The molecule has 0 aliphatic carbocycles.